The summed E-state index contributed by atoms with van der Waals surface area (Å²) in [4.78, 5) is 12.0. The molecular weight excluding hydrogens is 330 g/mol. The van der Waals surface area contributed by atoms with Crippen LogP contribution in [0.2, 0.25) is 0 Å². The zero-order valence-electron chi connectivity index (χ0n) is 15.3. The van der Waals surface area contributed by atoms with Crippen LogP contribution in [0.1, 0.15) is 37.5 Å². The van der Waals surface area contributed by atoms with Gasteiger partial charge >= 0.3 is 0 Å². The number of ether oxygens (including phenoxy) is 2. The number of fused-ring (bicyclic) bond motifs is 1. The Balaban J connectivity index is 1.42. The number of furan rings is 1. The Morgan fingerprint density at radius 3 is 3.08 bits per heavy atom. The molecule has 5 nitrogen and oxygen atoms in total. The summed E-state index contributed by atoms with van der Waals surface area (Å²) in [6, 6.07) is 7.89. The summed E-state index contributed by atoms with van der Waals surface area (Å²) in [7, 11) is 0. The molecule has 1 unspecified atom stereocenters. The highest BCUT2D eigenvalue weighted by Crippen LogP contribution is 2.27. The van der Waals surface area contributed by atoms with Crippen molar-refractivity contribution in [2.75, 3.05) is 26.4 Å². The number of carbonyl (C=O) groups is 1. The first-order valence-corrected chi connectivity index (χ1v) is 9.43. The van der Waals surface area contributed by atoms with Crippen LogP contribution in [0.4, 0.5) is 0 Å². The minimum Gasteiger partial charge on any atom is -0.460 e. The van der Waals surface area contributed by atoms with Crippen molar-refractivity contribution in [1.29, 1.82) is 0 Å². The van der Waals surface area contributed by atoms with Crippen LogP contribution in [0.5, 0.6) is 0 Å². The molecule has 1 aliphatic heterocycles. The Morgan fingerprint density at radius 1 is 1.38 bits per heavy atom. The van der Waals surface area contributed by atoms with Gasteiger partial charge in [0.15, 0.2) is 0 Å². The summed E-state index contributed by atoms with van der Waals surface area (Å²) in [6.07, 6.45) is 7.47. The predicted octanol–water partition coefficient (Wildman–Crippen LogP) is 3.71. The number of hydrogen-bond donors (Lipinski definition) is 1. The zero-order valence-corrected chi connectivity index (χ0v) is 15.3. The summed E-state index contributed by atoms with van der Waals surface area (Å²) < 4.78 is 16.9. The molecule has 1 N–H and O–H groups in total. The molecule has 2 aromatic rings. The molecule has 26 heavy (non-hydrogen) atoms. The predicted molar refractivity (Wildman–Crippen MR) is 102 cm³/mol. The molecule has 0 saturated carbocycles. The summed E-state index contributed by atoms with van der Waals surface area (Å²) in [5.74, 6) is 0.800. The maximum Gasteiger partial charge on any atom is 0.244 e. The Morgan fingerprint density at radius 2 is 2.27 bits per heavy atom. The molecule has 1 atom stereocenters. The first kappa shape index (κ1) is 18.7. The number of aryl methyl sites for hydroxylation is 1. The summed E-state index contributed by atoms with van der Waals surface area (Å²) >= 11 is 0. The second-order valence-corrected chi connectivity index (χ2v) is 6.48. The second-order valence-electron chi connectivity index (χ2n) is 6.48. The van der Waals surface area contributed by atoms with E-state index in [1.165, 1.54) is 0 Å². The van der Waals surface area contributed by atoms with E-state index in [-0.39, 0.29) is 12.0 Å². The average molecular weight is 357 g/mol. The molecule has 1 aliphatic rings. The molecule has 2 heterocycles. The minimum absolute atomic E-state index is 0.100. The van der Waals surface area contributed by atoms with Crippen LogP contribution < -0.4 is 5.32 Å². The van der Waals surface area contributed by atoms with Gasteiger partial charge in [-0.15, -0.1) is 0 Å². The van der Waals surface area contributed by atoms with Crippen LogP contribution in [-0.2, 0) is 20.7 Å². The molecule has 1 aromatic carbocycles. The number of hydrogen-bond acceptors (Lipinski definition) is 4. The van der Waals surface area contributed by atoms with Gasteiger partial charge in [0.25, 0.3) is 0 Å². The van der Waals surface area contributed by atoms with Gasteiger partial charge in [-0.3, -0.25) is 4.79 Å². The fourth-order valence-electron chi connectivity index (χ4n) is 3.16. The van der Waals surface area contributed by atoms with E-state index in [9.17, 15) is 4.79 Å². The number of rotatable bonds is 9. The molecule has 1 saturated heterocycles. The maximum absolute atomic E-state index is 12.0. The van der Waals surface area contributed by atoms with Gasteiger partial charge in [0.2, 0.25) is 5.91 Å². The first-order valence-electron chi connectivity index (χ1n) is 9.43. The standard InChI is InChI=1S/C21H27NO4/c1-2-19-18(17-8-3-4-9-20(17)26-19)10-11-21(23)22-12-6-13-24-15-16-7-5-14-25-16/h3-4,8-11,16H,2,5-7,12-15H2,1H3,(H,22,23). The molecule has 3 rings (SSSR count). The van der Waals surface area contributed by atoms with Crippen LogP contribution in [0.25, 0.3) is 17.0 Å². The molecule has 1 amide bonds. The highest BCUT2D eigenvalue weighted by Gasteiger charge is 2.15. The van der Waals surface area contributed by atoms with Gasteiger partial charge < -0.3 is 19.2 Å². The molecule has 0 radical (unpaired) electrons. The smallest absolute Gasteiger partial charge is 0.244 e. The van der Waals surface area contributed by atoms with E-state index in [1.807, 2.05) is 37.3 Å². The van der Waals surface area contributed by atoms with Crippen molar-refractivity contribution in [2.45, 2.75) is 38.7 Å². The Labute approximate surface area is 154 Å². The zero-order chi connectivity index (χ0) is 18.2. The number of benzene rings is 1. The Hall–Kier alpha value is -2.11. The van der Waals surface area contributed by atoms with Crippen molar-refractivity contribution in [3.8, 4) is 0 Å². The van der Waals surface area contributed by atoms with E-state index in [1.54, 1.807) is 6.08 Å². The number of para-hydroxylation sites is 1. The molecule has 1 aromatic heterocycles. The number of amides is 1. The maximum atomic E-state index is 12.0. The molecule has 0 aliphatic carbocycles. The molecule has 5 heteroatoms. The molecular formula is C21H27NO4. The Bertz CT molecular complexity index is 744. The Kier molecular flexibility index (Phi) is 6.86. The highest BCUT2D eigenvalue weighted by atomic mass is 16.5. The van der Waals surface area contributed by atoms with Crippen LogP contribution >= 0.6 is 0 Å². The topological polar surface area (TPSA) is 60.7 Å². The van der Waals surface area contributed by atoms with Gasteiger partial charge in [-0.25, -0.2) is 0 Å². The van der Waals surface area contributed by atoms with Gasteiger partial charge in [-0.1, -0.05) is 25.1 Å². The van der Waals surface area contributed by atoms with E-state index in [4.69, 9.17) is 13.9 Å². The average Bonchev–Trinajstić information content (AvgIpc) is 3.30. The lowest BCUT2D eigenvalue weighted by molar-refractivity contribution is -0.116. The first-order chi connectivity index (χ1) is 12.8. The highest BCUT2D eigenvalue weighted by molar-refractivity contribution is 5.96. The van der Waals surface area contributed by atoms with Gasteiger partial charge in [0.1, 0.15) is 11.3 Å². The van der Waals surface area contributed by atoms with Crippen molar-refractivity contribution in [2.24, 2.45) is 0 Å². The SMILES string of the molecule is CCc1oc2ccccc2c1C=CC(=O)NCCCOCC1CCCO1. The number of carbonyl (C=O) groups excluding carboxylic acids is 1. The van der Waals surface area contributed by atoms with Crippen molar-refractivity contribution in [3.63, 3.8) is 0 Å². The van der Waals surface area contributed by atoms with Crippen LogP contribution in [-0.4, -0.2) is 38.4 Å². The lowest BCUT2D eigenvalue weighted by Gasteiger charge is -2.09. The third kappa shape index (κ3) is 4.96. The third-order valence-corrected chi connectivity index (χ3v) is 4.53. The van der Waals surface area contributed by atoms with Crippen molar-refractivity contribution in [1.82, 2.24) is 5.32 Å². The van der Waals surface area contributed by atoms with Gasteiger partial charge in [0, 0.05) is 43.2 Å². The summed E-state index contributed by atoms with van der Waals surface area (Å²) in [5, 5.41) is 3.93. The third-order valence-electron chi connectivity index (χ3n) is 4.53. The van der Waals surface area contributed by atoms with E-state index in [0.29, 0.717) is 19.8 Å². The van der Waals surface area contributed by atoms with Gasteiger partial charge in [-0.05, 0) is 31.4 Å². The normalized spacial score (nSPS) is 17.3. The molecule has 0 bridgehead atoms. The lowest BCUT2D eigenvalue weighted by atomic mass is 10.1. The van der Waals surface area contributed by atoms with Crippen LogP contribution in [0.3, 0.4) is 0 Å². The lowest BCUT2D eigenvalue weighted by Crippen LogP contribution is -2.23. The van der Waals surface area contributed by atoms with Crippen LogP contribution in [0, 0.1) is 0 Å². The van der Waals surface area contributed by atoms with E-state index in [0.717, 1.165) is 54.6 Å². The molecule has 0 spiro atoms. The quantitative estimate of drug-likeness (QED) is 0.549. The van der Waals surface area contributed by atoms with Gasteiger partial charge in [0.05, 0.1) is 12.7 Å². The largest absolute Gasteiger partial charge is 0.460 e. The monoisotopic (exact) mass is 357 g/mol. The second kappa shape index (κ2) is 9.55. The molecule has 140 valence electrons. The summed E-state index contributed by atoms with van der Waals surface area (Å²) in [5.41, 5.74) is 1.84. The minimum atomic E-state index is -0.100. The van der Waals surface area contributed by atoms with Gasteiger partial charge in [-0.2, -0.15) is 0 Å². The van der Waals surface area contributed by atoms with Crippen molar-refractivity contribution < 1.29 is 18.7 Å². The fourth-order valence-corrected chi connectivity index (χ4v) is 3.16. The fraction of sp³-hybridized carbons (Fsp3) is 0.476. The van der Waals surface area contributed by atoms with Crippen molar-refractivity contribution >= 4 is 23.0 Å². The van der Waals surface area contributed by atoms with Crippen molar-refractivity contribution in [3.05, 3.63) is 41.7 Å². The number of nitrogens with one attached hydrogen (secondary N) is 1. The van der Waals surface area contributed by atoms with E-state index < -0.39 is 0 Å². The summed E-state index contributed by atoms with van der Waals surface area (Å²) in [6.45, 7) is 4.78. The van der Waals surface area contributed by atoms with Crippen LogP contribution in [0.15, 0.2) is 34.8 Å². The van der Waals surface area contributed by atoms with E-state index in [2.05, 4.69) is 5.32 Å². The van der Waals surface area contributed by atoms with E-state index >= 15 is 0 Å². The molecule has 1 fully saturated rings.